The first-order valence-corrected chi connectivity index (χ1v) is 6.73. The van der Waals surface area contributed by atoms with Gasteiger partial charge >= 0.3 is 0 Å². The summed E-state index contributed by atoms with van der Waals surface area (Å²) in [6.45, 7) is 0. The van der Waals surface area contributed by atoms with Gasteiger partial charge in [0.25, 0.3) is 0 Å². The Morgan fingerprint density at radius 3 is 2.89 bits per heavy atom. The minimum Gasteiger partial charge on any atom is -0.345 e. The molecule has 0 radical (unpaired) electrons. The molecule has 0 bridgehead atoms. The average Bonchev–Trinajstić information content (AvgIpc) is 3.13. The molecule has 3 rings (SSSR count). The van der Waals surface area contributed by atoms with Crippen LogP contribution in [0.3, 0.4) is 0 Å². The van der Waals surface area contributed by atoms with Crippen LogP contribution in [0.5, 0.6) is 0 Å². The fourth-order valence-corrected chi connectivity index (χ4v) is 2.60. The molecular weight excluding hydrogens is 238 g/mol. The number of H-pyrrole nitrogens is 1. The zero-order valence-electron chi connectivity index (χ0n) is 10.7. The van der Waals surface area contributed by atoms with E-state index in [1.807, 2.05) is 24.3 Å². The number of hydrogen-bond donors (Lipinski definition) is 2. The lowest BCUT2D eigenvalue weighted by molar-refractivity contribution is -0.119. The summed E-state index contributed by atoms with van der Waals surface area (Å²) in [5.41, 5.74) is 1.82. The van der Waals surface area contributed by atoms with Crippen molar-refractivity contribution in [3.8, 4) is 11.4 Å². The summed E-state index contributed by atoms with van der Waals surface area (Å²) in [7, 11) is 0. The van der Waals surface area contributed by atoms with Crippen molar-refractivity contribution in [1.29, 1.82) is 0 Å². The maximum atomic E-state index is 12.1. The molecule has 1 aliphatic rings. The van der Waals surface area contributed by atoms with Crippen LogP contribution >= 0.6 is 0 Å². The second-order valence-corrected chi connectivity index (χ2v) is 4.99. The van der Waals surface area contributed by atoms with Crippen LogP contribution < -0.4 is 5.32 Å². The Balaban J connectivity index is 1.74. The van der Waals surface area contributed by atoms with E-state index in [0.717, 1.165) is 29.9 Å². The minimum absolute atomic E-state index is 0.147. The van der Waals surface area contributed by atoms with Crippen LogP contribution in [0.2, 0.25) is 0 Å². The van der Waals surface area contributed by atoms with Gasteiger partial charge in [-0.1, -0.05) is 25.0 Å². The van der Waals surface area contributed by atoms with Gasteiger partial charge in [0.2, 0.25) is 5.91 Å². The highest BCUT2D eigenvalue weighted by molar-refractivity contribution is 5.93. The molecule has 0 unspecified atom stereocenters. The van der Waals surface area contributed by atoms with Gasteiger partial charge in [0, 0.05) is 29.6 Å². The standard InChI is InChI=1S/C15H17N3O/c19-15(11-4-1-2-5-11)18-13-7-3-6-12(10-13)14-16-8-9-17-14/h3,6-11H,1-2,4-5H2,(H,16,17)(H,18,19). The van der Waals surface area contributed by atoms with Gasteiger partial charge < -0.3 is 10.3 Å². The summed E-state index contributed by atoms with van der Waals surface area (Å²) in [4.78, 5) is 19.4. The van der Waals surface area contributed by atoms with Crippen LogP contribution in [0.15, 0.2) is 36.7 Å². The zero-order valence-corrected chi connectivity index (χ0v) is 10.7. The number of nitrogens with one attached hydrogen (secondary N) is 2. The van der Waals surface area contributed by atoms with Crippen molar-refractivity contribution in [2.45, 2.75) is 25.7 Å². The number of anilines is 1. The van der Waals surface area contributed by atoms with E-state index in [1.54, 1.807) is 12.4 Å². The van der Waals surface area contributed by atoms with Crippen molar-refractivity contribution in [2.24, 2.45) is 5.92 Å². The van der Waals surface area contributed by atoms with Gasteiger partial charge in [-0.25, -0.2) is 4.98 Å². The van der Waals surface area contributed by atoms with Crippen LogP contribution in [0.4, 0.5) is 5.69 Å². The first-order valence-electron chi connectivity index (χ1n) is 6.73. The predicted octanol–water partition coefficient (Wildman–Crippen LogP) is 3.21. The summed E-state index contributed by atoms with van der Waals surface area (Å²) in [5.74, 6) is 1.15. The lowest BCUT2D eigenvalue weighted by atomic mass is 10.1. The lowest BCUT2D eigenvalue weighted by Crippen LogP contribution is -2.20. The van der Waals surface area contributed by atoms with Crippen molar-refractivity contribution in [1.82, 2.24) is 9.97 Å². The third-order valence-corrected chi connectivity index (χ3v) is 3.63. The van der Waals surface area contributed by atoms with Gasteiger partial charge in [0.15, 0.2) is 0 Å². The van der Waals surface area contributed by atoms with E-state index in [-0.39, 0.29) is 11.8 Å². The zero-order chi connectivity index (χ0) is 13.1. The minimum atomic E-state index is 0.147. The number of carbonyl (C=O) groups is 1. The molecule has 98 valence electrons. The van der Waals surface area contributed by atoms with Crippen LogP contribution in [-0.4, -0.2) is 15.9 Å². The number of aromatic nitrogens is 2. The number of imidazole rings is 1. The first-order chi connectivity index (χ1) is 9.33. The van der Waals surface area contributed by atoms with Gasteiger partial charge in [-0.15, -0.1) is 0 Å². The van der Waals surface area contributed by atoms with E-state index in [9.17, 15) is 4.79 Å². The molecular formula is C15H17N3O. The van der Waals surface area contributed by atoms with Crippen molar-refractivity contribution >= 4 is 11.6 Å². The molecule has 1 saturated carbocycles. The molecule has 19 heavy (non-hydrogen) atoms. The van der Waals surface area contributed by atoms with E-state index in [4.69, 9.17) is 0 Å². The predicted molar refractivity (Wildman–Crippen MR) is 74.6 cm³/mol. The smallest absolute Gasteiger partial charge is 0.227 e. The fraction of sp³-hybridized carbons (Fsp3) is 0.333. The molecule has 1 fully saturated rings. The van der Waals surface area contributed by atoms with Gasteiger partial charge in [0.05, 0.1) is 0 Å². The molecule has 1 heterocycles. The molecule has 1 aliphatic carbocycles. The van der Waals surface area contributed by atoms with Crippen molar-refractivity contribution in [3.05, 3.63) is 36.7 Å². The number of benzene rings is 1. The van der Waals surface area contributed by atoms with Gasteiger partial charge in [-0.3, -0.25) is 4.79 Å². The highest BCUT2D eigenvalue weighted by Crippen LogP contribution is 2.26. The normalized spacial score (nSPS) is 15.6. The van der Waals surface area contributed by atoms with Gasteiger partial charge in [-0.05, 0) is 25.0 Å². The van der Waals surface area contributed by atoms with E-state index in [1.165, 1.54) is 12.8 Å². The second-order valence-electron chi connectivity index (χ2n) is 4.99. The fourth-order valence-electron chi connectivity index (χ4n) is 2.60. The first kappa shape index (κ1) is 12.0. The highest BCUT2D eigenvalue weighted by Gasteiger charge is 2.22. The monoisotopic (exact) mass is 255 g/mol. The van der Waals surface area contributed by atoms with E-state index in [0.29, 0.717) is 0 Å². The summed E-state index contributed by atoms with van der Waals surface area (Å²) in [5, 5.41) is 3.01. The van der Waals surface area contributed by atoms with Crippen LogP contribution in [0.25, 0.3) is 11.4 Å². The summed E-state index contributed by atoms with van der Waals surface area (Å²) in [6, 6.07) is 7.77. The maximum absolute atomic E-state index is 12.1. The molecule has 0 atom stereocenters. The van der Waals surface area contributed by atoms with Crippen LogP contribution in [0, 0.1) is 5.92 Å². The Morgan fingerprint density at radius 2 is 2.16 bits per heavy atom. The number of carbonyl (C=O) groups excluding carboxylic acids is 1. The maximum Gasteiger partial charge on any atom is 0.227 e. The summed E-state index contributed by atoms with van der Waals surface area (Å²) < 4.78 is 0. The quantitative estimate of drug-likeness (QED) is 0.884. The molecule has 4 nitrogen and oxygen atoms in total. The Morgan fingerprint density at radius 1 is 1.32 bits per heavy atom. The number of amides is 1. The van der Waals surface area contributed by atoms with E-state index in [2.05, 4.69) is 15.3 Å². The lowest BCUT2D eigenvalue weighted by Gasteiger charge is -2.10. The molecule has 2 N–H and O–H groups in total. The molecule has 4 heteroatoms. The van der Waals surface area contributed by atoms with Crippen LogP contribution in [-0.2, 0) is 4.79 Å². The topological polar surface area (TPSA) is 57.8 Å². The second kappa shape index (κ2) is 5.26. The average molecular weight is 255 g/mol. The van der Waals surface area contributed by atoms with Gasteiger partial charge in [0.1, 0.15) is 5.82 Å². The molecule has 2 aromatic rings. The van der Waals surface area contributed by atoms with E-state index >= 15 is 0 Å². The Hall–Kier alpha value is -2.10. The Labute approximate surface area is 112 Å². The third-order valence-electron chi connectivity index (χ3n) is 3.63. The van der Waals surface area contributed by atoms with Crippen molar-refractivity contribution < 1.29 is 4.79 Å². The number of rotatable bonds is 3. The summed E-state index contributed by atoms with van der Waals surface area (Å²) >= 11 is 0. The molecule has 0 spiro atoms. The van der Waals surface area contributed by atoms with Crippen LogP contribution in [0.1, 0.15) is 25.7 Å². The van der Waals surface area contributed by atoms with E-state index < -0.39 is 0 Å². The molecule has 0 aliphatic heterocycles. The number of aromatic amines is 1. The molecule has 1 aromatic carbocycles. The number of hydrogen-bond acceptors (Lipinski definition) is 2. The SMILES string of the molecule is O=C(Nc1cccc(-c2ncc[nH]2)c1)C1CCCC1. The van der Waals surface area contributed by atoms with Crippen molar-refractivity contribution in [2.75, 3.05) is 5.32 Å². The third kappa shape index (κ3) is 2.67. The van der Waals surface area contributed by atoms with Gasteiger partial charge in [-0.2, -0.15) is 0 Å². The summed E-state index contributed by atoms with van der Waals surface area (Å²) in [6.07, 6.45) is 7.89. The molecule has 0 saturated heterocycles. The highest BCUT2D eigenvalue weighted by atomic mass is 16.1. The Bertz CT molecular complexity index is 557. The largest absolute Gasteiger partial charge is 0.345 e. The molecule has 1 aromatic heterocycles. The van der Waals surface area contributed by atoms with Crippen molar-refractivity contribution in [3.63, 3.8) is 0 Å². The Kier molecular flexibility index (Phi) is 3.31. The molecule has 1 amide bonds. The number of nitrogens with zero attached hydrogens (tertiary/aromatic N) is 1.